The molecule has 8 nitrogen and oxygen atoms in total. The van der Waals surface area contributed by atoms with Gasteiger partial charge in [0.2, 0.25) is 5.91 Å². The minimum atomic E-state index is -1.08. The van der Waals surface area contributed by atoms with Crippen LogP contribution in [0, 0.1) is 17.8 Å². The van der Waals surface area contributed by atoms with E-state index >= 15 is 0 Å². The lowest BCUT2D eigenvalue weighted by Gasteiger charge is -2.39. The molecule has 0 bridgehead atoms. The second-order valence-corrected chi connectivity index (χ2v) is 10.5. The second kappa shape index (κ2) is 9.57. The number of carbonyl (C=O) groups is 1. The smallest absolute Gasteiger partial charge is 0.277 e. The fourth-order valence-corrected chi connectivity index (χ4v) is 5.52. The van der Waals surface area contributed by atoms with Crippen LogP contribution in [0.15, 0.2) is 46.4 Å². The van der Waals surface area contributed by atoms with E-state index in [1.54, 1.807) is 7.05 Å². The molecule has 0 radical (unpaired) electrons. The minimum Gasteiger partial charge on any atom is -0.392 e. The number of aliphatic hydroxyl groups is 1. The third-order valence-corrected chi connectivity index (χ3v) is 7.94. The molecule has 8 heteroatoms. The number of aliphatic imine (C=N–C) groups is 1. The molecule has 3 fully saturated rings. The first-order valence-corrected chi connectivity index (χ1v) is 12.8. The van der Waals surface area contributed by atoms with Crippen LogP contribution >= 0.6 is 0 Å². The Kier molecular flexibility index (Phi) is 6.49. The topological polar surface area (TPSA) is 114 Å². The van der Waals surface area contributed by atoms with E-state index in [0.29, 0.717) is 49.7 Å². The lowest BCUT2D eigenvalue weighted by Crippen LogP contribution is -2.50. The van der Waals surface area contributed by atoms with Crippen molar-refractivity contribution in [1.82, 2.24) is 14.5 Å². The van der Waals surface area contributed by atoms with Gasteiger partial charge in [0.05, 0.1) is 24.2 Å². The number of nitrogen functional groups attached to an aromatic ring is 1. The molecule has 186 valence electrons. The van der Waals surface area contributed by atoms with Crippen LogP contribution in [0.4, 0.5) is 5.69 Å². The molecule has 0 spiro atoms. The summed E-state index contributed by atoms with van der Waals surface area (Å²) in [6.07, 6.45) is 8.04. The molecule has 35 heavy (non-hydrogen) atoms. The van der Waals surface area contributed by atoms with E-state index < -0.39 is 11.2 Å². The lowest BCUT2D eigenvalue weighted by atomic mass is 9.89. The summed E-state index contributed by atoms with van der Waals surface area (Å²) in [5.74, 6) is 2.28. The zero-order chi connectivity index (χ0) is 24.6. The number of rotatable bonds is 8. The molecule has 1 saturated heterocycles. The zero-order valence-electron chi connectivity index (χ0n) is 20.4. The Morgan fingerprint density at radius 2 is 1.80 bits per heavy atom. The fourth-order valence-electron chi connectivity index (χ4n) is 5.52. The number of aromatic nitrogens is 2. The summed E-state index contributed by atoms with van der Waals surface area (Å²) < 4.78 is 1.38. The van der Waals surface area contributed by atoms with Gasteiger partial charge in [-0.1, -0.05) is 30.3 Å². The number of amides is 1. The van der Waals surface area contributed by atoms with Crippen molar-refractivity contribution in [2.24, 2.45) is 22.7 Å². The summed E-state index contributed by atoms with van der Waals surface area (Å²) in [6.45, 7) is 1.11. The van der Waals surface area contributed by atoms with Crippen molar-refractivity contribution in [3.05, 3.63) is 58.3 Å². The molecule has 3 aliphatic rings. The van der Waals surface area contributed by atoms with Crippen LogP contribution in [-0.4, -0.2) is 56.9 Å². The highest BCUT2D eigenvalue weighted by molar-refractivity contribution is 6.14. The Morgan fingerprint density at radius 1 is 1.17 bits per heavy atom. The first-order chi connectivity index (χ1) is 16.9. The summed E-state index contributed by atoms with van der Waals surface area (Å²) in [7, 11) is 1.64. The van der Waals surface area contributed by atoms with Gasteiger partial charge in [-0.3, -0.25) is 19.1 Å². The van der Waals surface area contributed by atoms with Gasteiger partial charge in [-0.05, 0) is 56.3 Å². The maximum Gasteiger partial charge on any atom is 0.277 e. The van der Waals surface area contributed by atoms with Crippen LogP contribution in [0.5, 0.6) is 0 Å². The predicted molar refractivity (Wildman–Crippen MR) is 135 cm³/mol. The highest BCUT2D eigenvalue weighted by Crippen LogP contribution is 2.50. The van der Waals surface area contributed by atoms with Crippen molar-refractivity contribution >= 4 is 17.3 Å². The normalized spacial score (nSPS) is 20.3. The molecule has 1 aromatic heterocycles. The van der Waals surface area contributed by atoms with Crippen molar-refractivity contribution in [3.63, 3.8) is 0 Å². The van der Waals surface area contributed by atoms with Crippen LogP contribution in [-0.2, 0) is 11.3 Å². The van der Waals surface area contributed by atoms with Crippen molar-refractivity contribution < 1.29 is 9.90 Å². The summed E-state index contributed by atoms with van der Waals surface area (Å²) in [5.41, 5.74) is 6.46. The van der Waals surface area contributed by atoms with Gasteiger partial charge in [0.25, 0.3) is 5.56 Å². The Bertz CT molecular complexity index is 1150. The van der Waals surface area contributed by atoms with Crippen LogP contribution < -0.4 is 11.3 Å². The summed E-state index contributed by atoms with van der Waals surface area (Å²) in [6, 6.07) is 9.48. The molecule has 0 atom stereocenters. The van der Waals surface area contributed by atoms with Gasteiger partial charge in [0, 0.05) is 32.1 Å². The van der Waals surface area contributed by atoms with Crippen LogP contribution in [0.3, 0.4) is 0 Å². The standard InChI is InChI=1S/C27H35N5O3/c1-29-24(20-5-3-2-4-6-20)25-23(28)26(34)32(17-30-25)16-27(35)11-13-31(14-12-27)22(33)15-21(18-7-8-18)19-9-10-19/h2-6,17-19,21,35H,7-16,28H2,1H3. The Balaban J connectivity index is 1.23. The fraction of sp³-hybridized carbons (Fsp3) is 0.556. The van der Waals surface area contributed by atoms with Gasteiger partial charge in [0.15, 0.2) is 0 Å². The molecular formula is C27H35N5O3. The molecule has 2 heterocycles. The van der Waals surface area contributed by atoms with Gasteiger partial charge in [0.1, 0.15) is 11.4 Å². The van der Waals surface area contributed by atoms with E-state index in [2.05, 4.69) is 9.98 Å². The number of piperidine rings is 1. The second-order valence-electron chi connectivity index (χ2n) is 10.5. The summed E-state index contributed by atoms with van der Waals surface area (Å²) in [4.78, 5) is 36.6. The number of nitrogens with two attached hydrogens (primary N) is 1. The number of anilines is 1. The molecule has 1 amide bonds. The molecule has 1 aromatic carbocycles. The predicted octanol–water partition coefficient (Wildman–Crippen LogP) is 2.47. The molecule has 2 aliphatic carbocycles. The summed E-state index contributed by atoms with van der Waals surface area (Å²) >= 11 is 0. The van der Waals surface area contributed by atoms with Crippen LogP contribution in [0.25, 0.3) is 0 Å². The van der Waals surface area contributed by atoms with E-state index in [1.165, 1.54) is 36.6 Å². The van der Waals surface area contributed by atoms with E-state index in [-0.39, 0.29) is 18.1 Å². The highest BCUT2D eigenvalue weighted by Gasteiger charge is 2.43. The van der Waals surface area contributed by atoms with E-state index in [1.807, 2.05) is 35.2 Å². The average Bonchev–Trinajstić information content (AvgIpc) is 3.77. The molecule has 2 saturated carbocycles. The van der Waals surface area contributed by atoms with Crippen molar-refractivity contribution in [2.45, 2.75) is 57.1 Å². The third kappa shape index (κ3) is 5.17. The first-order valence-electron chi connectivity index (χ1n) is 12.8. The van der Waals surface area contributed by atoms with Crippen molar-refractivity contribution in [2.75, 3.05) is 25.9 Å². The largest absolute Gasteiger partial charge is 0.392 e. The monoisotopic (exact) mass is 477 g/mol. The number of hydrogen-bond acceptors (Lipinski definition) is 6. The van der Waals surface area contributed by atoms with Gasteiger partial charge >= 0.3 is 0 Å². The number of likely N-dealkylation sites (tertiary alicyclic amines) is 1. The van der Waals surface area contributed by atoms with Gasteiger partial charge in [-0.15, -0.1) is 0 Å². The van der Waals surface area contributed by atoms with Crippen LogP contribution in [0.1, 0.15) is 56.2 Å². The molecule has 3 N–H and O–H groups in total. The molecule has 2 aromatic rings. The number of carbonyl (C=O) groups excluding carboxylic acids is 1. The molecule has 1 aliphatic heterocycles. The Labute approximate surface area is 205 Å². The van der Waals surface area contributed by atoms with E-state index in [9.17, 15) is 14.7 Å². The van der Waals surface area contributed by atoms with Gasteiger partial charge in [-0.2, -0.15) is 0 Å². The lowest BCUT2D eigenvalue weighted by molar-refractivity contribution is -0.137. The Morgan fingerprint density at radius 3 is 2.37 bits per heavy atom. The number of nitrogens with zero attached hydrogens (tertiary/aromatic N) is 4. The maximum atomic E-state index is 13.1. The van der Waals surface area contributed by atoms with Crippen LogP contribution in [0.2, 0.25) is 0 Å². The minimum absolute atomic E-state index is 0.0133. The Hall–Kier alpha value is -3.00. The van der Waals surface area contributed by atoms with Gasteiger partial charge < -0.3 is 15.7 Å². The summed E-state index contributed by atoms with van der Waals surface area (Å²) in [5, 5.41) is 11.2. The number of hydrogen-bond donors (Lipinski definition) is 2. The zero-order valence-corrected chi connectivity index (χ0v) is 20.4. The SMILES string of the molecule is CN=C(c1ccccc1)c1ncn(CC2(O)CCN(C(=O)CC(C3CC3)C3CC3)CC2)c(=O)c1N. The number of benzene rings is 1. The maximum absolute atomic E-state index is 13.1. The van der Waals surface area contributed by atoms with Crippen molar-refractivity contribution in [1.29, 1.82) is 0 Å². The average molecular weight is 478 g/mol. The van der Waals surface area contributed by atoms with E-state index in [0.717, 1.165) is 17.4 Å². The molecule has 0 unspecified atom stereocenters. The first kappa shape index (κ1) is 23.7. The quantitative estimate of drug-likeness (QED) is 0.567. The highest BCUT2D eigenvalue weighted by atomic mass is 16.3. The van der Waals surface area contributed by atoms with Crippen molar-refractivity contribution in [3.8, 4) is 0 Å². The van der Waals surface area contributed by atoms with E-state index in [4.69, 9.17) is 5.73 Å². The third-order valence-electron chi connectivity index (χ3n) is 7.94. The van der Waals surface area contributed by atoms with Gasteiger partial charge in [-0.25, -0.2) is 4.98 Å². The molecular weight excluding hydrogens is 442 g/mol. The molecule has 5 rings (SSSR count).